The van der Waals surface area contributed by atoms with Crippen molar-refractivity contribution in [3.63, 3.8) is 0 Å². The Morgan fingerprint density at radius 2 is 1.67 bits per heavy atom. The molecule has 0 N–H and O–H groups in total. The van der Waals surface area contributed by atoms with Gasteiger partial charge in [-0.1, -0.05) is 59.6 Å². The van der Waals surface area contributed by atoms with Crippen LogP contribution in [0.1, 0.15) is 23.6 Å². The maximum Gasteiger partial charge on any atom is 0.267 e. The number of halogens is 3. The summed E-state index contributed by atoms with van der Waals surface area (Å²) in [6, 6.07) is 26.4. The molecule has 43 heavy (non-hydrogen) atoms. The van der Waals surface area contributed by atoms with Crippen LogP contribution in [0.3, 0.4) is 0 Å². The van der Waals surface area contributed by atoms with Gasteiger partial charge in [0.2, 0.25) is 0 Å². The van der Waals surface area contributed by atoms with Gasteiger partial charge in [-0.25, -0.2) is 4.99 Å². The van der Waals surface area contributed by atoms with Gasteiger partial charge in [-0.05, 0) is 106 Å². The van der Waals surface area contributed by atoms with E-state index in [0.717, 1.165) is 28.1 Å². The molecule has 220 valence electrons. The summed E-state index contributed by atoms with van der Waals surface area (Å²) >= 11 is 17.2. The normalized spacial score (nSPS) is 14.9. The number of aliphatic imine (C=N–C) groups is 1. The molecule has 4 aromatic rings. The van der Waals surface area contributed by atoms with E-state index in [1.165, 1.54) is 11.8 Å². The van der Waals surface area contributed by atoms with Crippen molar-refractivity contribution in [1.29, 1.82) is 0 Å². The molecule has 0 spiro atoms. The first kappa shape index (κ1) is 31.0. The quantitative estimate of drug-likeness (QED) is 0.155. The third-order valence-corrected chi connectivity index (χ3v) is 8.70. The molecule has 1 fully saturated rings. The van der Waals surface area contributed by atoms with Crippen LogP contribution in [-0.4, -0.2) is 29.7 Å². The van der Waals surface area contributed by atoms with Crippen LogP contribution in [0.2, 0.25) is 10.0 Å². The highest BCUT2D eigenvalue weighted by Gasteiger charge is 2.33. The molecule has 1 aliphatic rings. The highest BCUT2D eigenvalue weighted by Crippen LogP contribution is 2.40. The molecule has 0 saturated carbocycles. The van der Waals surface area contributed by atoms with E-state index in [4.69, 9.17) is 42.4 Å². The van der Waals surface area contributed by atoms with Gasteiger partial charge in [0, 0.05) is 0 Å². The summed E-state index contributed by atoms with van der Waals surface area (Å²) in [7, 11) is 1.63. The summed E-state index contributed by atoms with van der Waals surface area (Å²) in [5.41, 5.74) is 3.37. The first-order valence-corrected chi connectivity index (χ1v) is 15.7. The Labute approximate surface area is 273 Å². The molecule has 0 aromatic heterocycles. The Hall–Kier alpha value is -3.43. The monoisotopic (exact) mass is 696 g/mol. The molecular weight excluding hydrogens is 671 g/mol. The zero-order valence-corrected chi connectivity index (χ0v) is 27.3. The van der Waals surface area contributed by atoms with E-state index >= 15 is 0 Å². The highest BCUT2D eigenvalue weighted by atomic mass is 79.9. The van der Waals surface area contributed by atoms with Crippen LogP contribution >= 0.6 is 50.9 Å². The third kappa shape index (κ3) is 7.75. The molecule has 10 heteroatoms. The summed E-state index contributed by atoms with van der Waals surface area (Å²) in [5, 5.41) is 1.55. The largest absolute Gasteiger partial charge is 0.497 e. The van der Waals surface area contributed by atoms with Gasteiger partial charge in [0.25, 0.3) is 5.91 Å². The number of methoxy groups -OCH3 is 1. The molecule has 5 rings (SSSR count). The molecule has 1 amide bonds. The Morgan fingerprint density at radius 3 is 2.37 bits per heavy atom. The van der Waals surface area contributed by atoms with E-state index < -0.39 is 0 Å². The van der Waals surface area contributed by atoms with E-state index in [9.17, 15) is 4.79 Å². The number of amides is 1. The minimum absolute atomic E-state index is 0.135. The molecule has 1 aliphatic heterocycles. The minimum atomic E-state index is -0.135. The first-order valence-electron chi connectivity index (χ1n) is 13.4. The lowest BCUT2D eigenvalue weighted by atomic mass is 10.1. The maximum absolute atomic E-state index is 13.8. The van der Waals surface area contributed by atoms with Crippen molar-refractivity contribution < 1.29 is 19.0 Å². The Kier molecular flexibility index (Phi) is 10.4. The lowest BCUT2D eigenvalue weighted by Crippen LogP contribution is -2.28. The first-order chi connectivity index (χ1) is 20.8. The summed E-state index contributed by atoms with van der Waals surface area (Å²) in [6.45, 7) is 2.98. The molecule has 1 saturated heterocycles. The number of hydrogen-bond donors (Lipinski definition) is 0. The van der Waals surface area contributed by atoms with Crippen molar-refractivity contribution in [1.82, 2.24) is 4.90 Å². The SMILES string of the molecule is CCOc1cc(/C=C2\SC(=Nc3ccccc3)N(Cc3ccc(OC)cc3)C2=O)cc(Br)c1OCc1ccc(Cl)c(Cl)c1. The molecular formula is C33H27BrCl2N2O4S. The standard InChI is InChI=1S/C33H27BrCl2N2O4S/c1-3-41-29-17-23(15-26(34)31(29)42-20-22-11-14-27(35)28(36)16-22)18-30-32(39)38(19-21-9-12-25(40-2)13-10-21)33(43-30)37-24-7-5-4-6-8-24/h4-18H,3,19-20H2,1-2H3/b30-18-,37-33?. The number of carbonyl (C=O) groups excluding carboxylic acids is 1. The van der Waals surface area contributed by atoms with Gasteiger partial charge in [-0.3, -0.25) is 9.69 Å². The van der Waals surface area contributed by atoms with Crippen LogP contribution in [0.15, 0.2) is 99.3 Å². The van der Waals surface area contributed by atoms with Crippen LogP contribution in [0, 0.1) is 0 Å². The summed E-state index contributed by atoms with van der Waals surface area (Å²) in [4.78, 5) is 20.8. The van der Waals surface area contributed by atoms with Crippen LogP contribution in [-0.2, 0) is 17.9 Å². The van der Waals surface area contributed by atoms with Crippen molar-refractivity contribution in [3.05, 3.63) is 121 Å². The molecule has 0 radical (unpaired) electrons. The predicted molar refractivity (Wildman–Crippen MR) is 179 cm³/mol. The fourth-order valence-electron chi connectivity index (χ4n) is 4.27. The van der Waals surface area contributed by atoms with E-state index in [0.29, 0.717) is 49.2 Å². The fraction of sp³-hybridized carbons (Fsp3) is 0.152. The predicted octanol–water partition coefficient (Wildman–Crippen LogP) is 9.55. The van der Waals surface area contributed by atoms with Gasteiger partial charge < -0.3 is 14.2 Å². The molecule has 0 atom stereocenters. The van der Waals surface area contributed by atoms with E-state index in [-0.39, 0.29) is 12.5 Å². The molecule has 0 aliphatic carbocycles. The Balaban J connectivity index is 1.44. The highest BCUT2D eigenvalue weighted by molar-refractivity contribution is 9.10. The molecule has 1 heterocycles. The van der Waals surface area contributed by atoms with Crippen molar-refractivity contribution in [3.8, 4) is 17.2 Å². The lowest BCUT2D eigenvalue weighted by molar-refractivity contribution is -0.122. The number of nitrogens with zero attached hydrogens (tertiary/aromatic N) is 2. The summed E-state index contributed by atoms with van der Waals surface area (Å²) in [5.74, 6) is 1.72. The van der Waals surface area contributed by atoms with Crippen LogP contribution in [0.5, 0.6) is 17.2 Å². The number of para-hydroxylation sites is 1. The van der Waals surface area contributed by atoms with Crippen molar-refractivity contribution in [2.45, 2.75) is 20.1 Å². The second kappa shape index (κ2) is 14.4. The fourth-order valence-corrected chi connectivity index (χ4v) is 6.16. The van der Waals surface area contributed by atoms with Gasteiger partial charge >= 0.3 is 0 Å². The van der Waals surface area contributed by atoms with E-state index in [1.54, 1.807) is 24.1 Å². The average Bonchev–Trinajstić information content (AvgIpc) is 3.28. The second-order valence-electron chi connectivity index (χ2n) is 9.38. The smallest absolute Gasteiger partial charge is 0.267 e. The number of ether oxygens (including phenoxy) is 3. The van der Waals surface area contributed by atoms with Gasteiger partial charge in [0.05, 0.1) is 45.4 Å². The van der Waals surface area contributed by atoms with Crippen LogP contribution in [0.4, 0.5) is 5.69 Å². The number of benzene rings is 4. The number of thioether (sulfide) groups is 1. The van der Waals surface area contributed by atoms with Gasteiger partial charge in [0.1, 0.15) is 12.4 Å². The topological polar surface area (TPSA) is 60.4 Å². The lowest BCUT2D eigenvalue weighted by Gasteiger charge is -2.16. The van der Waals surface area contributed by atoms with Gasteiger partial charge in [-0.15, -0.1) is 0 Å². The Bertz CT molecular complexity index is 1680. The number of amidine groups is 1. The molecule has 6 nitrogen and oxygen atoms in total. The van der Waals surface area contributed by atoms with E-state index in [2.05, 4.69) is 15.9 Å². The summed E-state index contributed by atoms with van der Waals surface area (Å²) in [6.07, 6.45) is 1.84. The zero-order chi connectivity index (χ0) is 30.3. The third-order valence-electron chi connectivity index (χ3n) is 6.37. The molecule has 4 aromatic carbocycles. The molecule has 0 bridgehead atoms. The van der Waals surface area contributed by atoms with Crippen molar-refractivity contribution >= 4 is 73.7 Å². The minimum Gasteiger partial charge on any atom is -0.497 e. The van der Waals surface area contributed by atoms with E-state index in [1.807, 2.05) is 85.8 Å². The summed E-state index contributed by atoms with van der Waals surface area (Å²) < 4.78 is 18.0. The van der Waals surface area contributed by atoms with Crippen LogP contribution in [0.25, 0.3) is 6.08 Å². The Morgan fingerprint density at radius 1 is 0.930 bits per heavy atom. The van der Waals surface area contributed by atoms with Crippen LogP contribution < -0.4 is 14.2 Å². The van der Waals surface area contributed by atoms with Crippen molar-refractivity contribution in [2.24, 2.45) is 4.99 Å². The zero-order valence-electron chi connectivity index (χ0n) is 23.4. The van der Waals surface area contributed by atoms with Gasteiger partial charge in [0.15, 0.2) is 16.7 Å². The van der Waals surface area contributed by atoms with Gasteiger partial charge in [-0.2, -0.15) is 0 Å². The average molecular weight is 698 g/mol. The number of carbonyl (C=O) groups is 1. The molecule has 0 unspecified atom stereocenters. The second-order valence-corrected chi connectivity index (χ2v) is 12.1. The number of rotatable bonds is 10. The maximum atomic E-state index is 13.8. The van der Waals surface area contributed by atoms with Crippen molar-refractivity contribution in [2.75, 3.05) is 13.7 Å². The number of hydrogen-bond acceptors (Lipinski definition) is 6.